The lowest BCUT2D eigenvalue weighted by Gasteiger charge is -2.59. The number of hydrogen-bond donors (Lipinski definition) is 2. The fourth-order valence-electron chi connectivity index (χ4n) is 8.34. The first-order chi connectivity index (χ1) is 15.9. The van der Waals surface area contributed by atoms with Crippen LogP contribution < -0.4 is 15.1 Å². The van der Waals surface area contributed by atoms with Crippen LogP contribution in [-0.2, 0) is 19.8 Å². The lowest BCUT2D eigenvalue weighted by Crippen LogP contribution is -2.81. The molecule has 3 amide bonds. The van der Waals surface area contributed by atoms with Gasteiger partial charge in [0.2, 0.25) is 11.8 Å². The molecule has 4 atom stereocenters. The molecule has 2 N–H and O–H groups in total. The third-order valence-electron chi connectivity index (χ3n) is 9.96. The quantitative estimate of drug-likeness (QED) is 0.576. The maximum atomic E-state index is 14.0. The molecule has 5 fully saturated rings. The van der Waals surface area contributed by atoms with Crippen LogP contribution in [-0.4, -0.2) is 51.1 Å². The lowest BCUT2D eigenvalue weighted by molar-refractivity contribution is -0.175. The van der Waals surface area contributed by atoms with E-state index in [1.54, 1.807) is 4.90 Å². The Balaban J connectivity index is 1.46. The molecular formula is C26H29N3O5. The number of anilines is 1. The number of hydroxylamine groups is 1. The molecule has 8 heteroatoms. The standard InChI is InChI=1S/C26H29N3O5/c1-22(2)10-8-14-16(34-22)7-6-15-18(14)29(33)20(31)25(15)13-26-17(23(25,3)4)12-24(19(30)27-26)9-5-11-28(24)21(26)32/h6-8,10,17,33H,5,9,11-13H2,1-4H3,(H,27,30)/t17-,24+,25+,26+/m0/s1. The predicted molar refractivity (Wildman–Crippen MR) is 122 cm³/mol. The molecule has 3 spiro atoms. The van der Waals surface area contributed by atoms with Gasteiger partial charge in [-0.05, 0) is 68.7 Å². The molecule has 8 nitrogen and oxygen atoms in total. The number of nitrogens with one attached hydrogen (secondary N) is 1. The molecule has 178 valence electrons. The van der Waals surface area contributed by atoms with Gasteiger partial charge in [-0.25, -0.2) is 0 Å². The van der Waals surface area contributed by atoms with Crippen molar-refractivity contribution in [2.75, 3.05) is 11.6 Å². The van der Waals surface area contributed by atoms with Gasteiger partial charge in [0.15, 0.2) is 0 Å². The second kappa shape index (κ2) is 5.51. The summed E-state index contributed by atoms with van der Waals surface area (Å²) in [5.74, 6) is -0.217. The molecule has 0 aromatic heterocycles. The van der Waals surface area contributed by atoms with Crippen molar-refractivity contribution in [2.45, 2.75) is 75.5 Å². The Labute approximate surface area is 197 Å². The molecule has 7 aliphatic rings. The van der Waals surface area contributed by atoms with Crippen molar-refractivity contribution >= 4 is 29.5 Å². The third kappa shape index (κ3) is 1.87. The molecular weight excluding hydrogens is 434 g/mol. The number of carbonyl (C=O) groups is 3. The highest BCUT2D eigenvalue weighted by Crippen LogP contribution is 2.71. The molecule has 1 saturated carbocycles. The van der Waals surface area contributed by atoms with Gasteiger partial charge in [-0.1, -0.05) is 19.9 Å². The third-order valence-corrected chi connectivity index (χ3v) is 9.96. The second-order valence-electron chi connectivity index (χ2n) is 12.1. The number of amides is 3. The van der Waals surface area contributed by atoms with E-state index in [9.17, 15) is 19.6 Å². The van der Waals surface area contributed by atoms with Crippen molar-refractivity contribution in [3.8, 4) is 5.75 Å². The molecule has 0 radical (unpaired) electrons. The molecule has 8 rings (SSSR count). The average molecular weight is 464 g/mol. The fraction of sp³-hybridized carbons (Fsp3) is 0.577. The summed E-state index contributed by atoms with van der Waals surface area (Å²) in [7, 11) is 0. The number of piperidine rings is 2. The average Bonchev–Trinajstić information content (AvgIpc) is 3.36. The van der Waals surface area contributed by atoms with Gasteiger partial charge >= 0.3 is 0 Å². The minimum absolute atomic E-state index is 0.0699. The second-order valence-corrected chi connectivity index (χ2v) is 12.1. The van der Waals surface area contributed by atoms with Gasteiger partial charge in [-0.15, -0.1) is 0 Å². The van der Waals surface area contributed by atoms with Crippen LogP contribution in [0, 0.1) is 11.3 Å². The smallest absolute Gasteiger partial charge is 0.262 e. The van der Waals surface area contributed by atoms with Crippen molar-refractivity contribution in [2.24, 2.45) is 11.3 Å². The monoisotopic (exact) mass is 463 g/mol. The Morgan fingerprint density at radius 2 is 1.88 bits per heavy atom. The van der Waals surface area contributed by atoms with Crippen molar-refractivity contribution in [3.05, 3.63) is 29.3 Å². The lowest BCUT2D eigenvalue weighted by atomic mass is 9.57. The zero-order valence-electron chi connectivity index (χ0n) is 19.9. The maximum absolute atomic E-state index is 14.0. The van der Waals surface area contributed by atoms with Crippen LogP contribution in [0.5, 0.6) is 5.75 Å². The SMILES string of the molecule is CC1(C)C=Cc2c(ccc3c2N(O)C(=O)[C@@]32C[C@]34NC(=O)[C@@]5(CCCN5C3=O)C[C@H]4C2(C)C)O1. The summed E-state index contributed by atoms with van der Waals surface area (Å²) in [6.45, 7) is 8.53. The summed E-state index contributed by atoms with van der Waals surface area (Å²) in [5.41, 5.74) is -2.51. The largest absolute Gasteiger partial charge is 0.483 e. The molecule has 1 aromatic rings. The van der Waals surface area contributed by atoms with E-state index in [1.807, 2.05) is 52.0 Å². The first-order valence-corrected chi connectivity index (χ1v) is 12.2. The van der Waals surface area contributed by atoms with Crippen LogP contribution in [0.4, 0.5) is 5.69 Å². The van der Waals surface area contributed by atoms with Crippen molar-refractivity contribution in [1.82, 2.24) is 10.2 Å². The highest BCUT2D eigenvalue weighted by molar-refractivity contribution is 6.13. The number of rotatable bonds is 0. The Morgan fingerprint density at radius 3 is 2.65 bits per heavy atom. The van der Waals surface area contributed by atoms with E-state index in [0.717, 1.165) is 11.5 Å². The van der Waals surface area contributed by atoms with Crippen LogP contribution in [0.25, 0.3) is 6.08 Å². The van der Waals surface area contributed by atoms with Gasteiger partial charge in [0.25, 0.3) is 5.91 Å². The van der Waals surface area contributed by atoms with Crippen molar-refractivity contribution < 1.29 is 24.3 Å². The van der Waals surface area contributed by atoms with Gasteiger partial charge in [-0.2, -0.15) is 5.06 Å². The molecule has 2 bridgehead atoms. The van der Waals surface area contributed by atoms with Crippen molar-refractivity contribution in [3.63, 3.8) is 0 Å². The van der Waals surface area contributed by atoms with Gasteiger partial charge in [0, 0.05) is 18.0 Å². The summed E-state index contributed by atoms with van der Waals surface area (Å²) in [5, 5.41) is 15.1. The molecule has 4 saturated heterocycles. The molecule has 6 heterocycles. The number of fused-ring (bicyclic) bond motifs is 5. The van der Waals surface area contributed by atoms with E-state index in [0.29, 0.717) is 42.0 Å². The van der Waals surface area contributed by atoms with E-state index in [1.165, 1.54) is 0 Å². The van der Waals surface area contributed by atoms with Gasteiger partial charge in [0.1, 0.15) is 22.4 Å². The molecule has 0 unspecified atom stereocenters. The van der Waals surface area contributed by atoms with Crippen molar-refractivity contribution in [1.29, 1.82) is 0 Å². The van der Waals surface area contributed by atoms with Gasteiger partial charge < -0.3 is 15.0 Å². The van der Waals surface area contributed by atoms with E-state index in [-0.39, 0.29) is 24.2 Å². The summed E-state index contributed by atoms with van der Waals surface area (Å²) in [6.07, 6.45) is 5.98. The number of hydrogen-bond acceptors (Lipinski definition) is 5. The maximum Gasteiger partial charge on any atom is 0.262 e. The first kappa shape index (κ1) is 20.5. The van der Waals surface area contributed by atoms with Crippen LogP contribution in [0.15, 0.2) is 18.2 Å². The Kier molecular flexibility index (Phi) is 3.32. The summed E-state index contributed by atoms with van der Waals surface area (Å²) in [4.78, 5) is 43.1. The van der Waals surface area contributed by atoms with Gasteiger partial charge in [-0.3, -0.25) is 19.6 Å². The highest BCUT2D eigenvalue weighted by Gasteiger charge is 2.81. The fourth-order valence-corrected chi connectivity index (χ4v) is 8.34. The van der Waals surface area contributed by atoms with E-state index < -0.39 is 33.4 Å². The predicted octanol–water partition coefficient (Wildman–Crippen LogP) is 2.52. The van der Waals surface area contributed by atoms with Crippen LogP contribution in [0.2, 0.25) is 0 Å². The van der Waals surface area contributed by atoms with Crippen LogP contribution in [0.3, 0.4) is 0 Å². The molecule has 1 aliphatic carbocycles. The number of carbonyl (C=O) groups excluding carboxylic acids is 3. The van der Waals surface area contributed by atoms with Crippen LogP contribution in [0.1, 0.15) is 64.5 Å². The molecule has 6 aliphatic heterocycles. The minimum atomic E-state index is -1.15. The Morgan fingerprint density at radius 1 is 1.12 bits per heavy atom. The molecule has 1 aromatic carbocycles. The number of benzene rings is 1. The van der Waals surface area contributed by atoms with Gasteiger partial charge in [0.05, 0.1) is 11.1 Å². The Hall–Kier alpha value is -2.87. The normalized spacial score (nSPS) is 39.7. The number of ether oxygens (including phenoxy) is 1. The minimum Gasteiger partial charge on any atom is -0.483 e. The highest BCUT2D eigenvalue weighted by atomic mass is 16.5. The first-order valence-electron chi connectivity index (χ1n) is 12.2. The van der Waals surface area contributed by atoms with E-state index in [2.05, 4.69) is 5.32 Å². The number of nitrogens with zero attached hydrogens (tertiary/aromatic N) is 2. The topological polar surface area (TPSA) is 99.2 Å². The summed E-state index contributed by atoms with van der Waals surface area (Å²) < 4.78 is 6.10. The summed E-state index contributed by atoms with van der Waals surface area (Å²) >= 11 is 0. The summed E-state index contributed by atoms with van der Waals surface area (Å²) in [6, 6.07) is 3.73. The zero-order chi connectivity index (χ0) is 24.1. The zero-order valence-corrected chi connectivity index (χ0v) is 19.9. The Bertz CT molecular complexity index is 1270. The van der Waals surface area contributed by atoms with E-state index in [4.69, 9.17) is 4.74 Å². The van der Waals surface area contributed by atoms with E-state index >= 15 is 0 Å². The van der Waals surface area contributed by atoms with Crippen LogP contribution >= 0.6 is 0 Å². The molecule has 34 heavy (non-hydrogen) atoms. The number of piperazine rings is 1.